The number of thiol groups is 1. The molecule has 66 valence electrons. The van der Waals surface area contributed by atoms with Gasteiger partial charge in [-0.25, -0.2) is 0 Å². The van der Waals surface area contributed by atoms with E-state index in [9.17, 15) is 4.79 Å². The van der Waals surface area contributed by atoms with Gasteiger partial charge in [-0.3, -0.25) is 4.79 Å². The van der Waals surface area contributed by atoms with Gasteiger partial charge in [0.15, 0.2) is 0 Å². The molecular weight excluding hydrogens is 160 g/mol. The highest BCUT2D eigenvalue weighted by Crippen LogP contribution is 2.05. The minimum Gasteiger partial charge on any atom is -0.465 e. The molecule has 0 bridgehead atoms. The Hall–Kier alpha value is -0.180. The monoisotopic (exact) mass is 176 g/mol. The number of hydrogen-bond donors (Lipinski definition) is 1. The van der Waals surface area contributed by atoms with Crippen molar-refractivity contribution in [1.29, 1.82) is 0 Å². The maximum Gasteiger partial charge on any atom is 0.308 e. The van der Waals surface area contributed by atoms with Gasteiger partial charge in [0.2, 0.25) is 0 Å². The van der Waals surface area contributed by atoms with Gasteiger partial charge >= 0.3 is 5.97 Å². The molecule has 0 aliphatic carbocycles. The first-order chi connectivity index (χ1) is 5.22. The Kier molecular flexibility index (Phi) is 6.42. The van der Waals surface area contributed by atoms with E-state index in [0.29, 0.717) is 6.61 Å². The second-order valence-corrected chi connectivity index (χ2v) is 3.03. The number of carbonyl (C=O) groups is 1. The molecule has 0 radical (unpaired) electrons. The van der Waals surface area contributed by atoms with Crippen LogP contribution in [0, 0.1) is 5.92 Å². The Labute approximate surface area is 73.7 Å². The minimum atomic E-state index is -0.0964. The quantitative estimate of drug-likeness (QED) is 0.511. The molecule has 0 heterocycles. The summed E-state index contributed by atoms with van der Waals surface area (Å²) in [5.74, 6) is 0.641. The first-order valence-electron chi connectivity index (χ1n) is 3.99. The molecule has 11 heavy (non-hydrogen) atoms. The SMILES string of the molecule is CCCOC(=O)C(C)CCS. The largest absolute Gasteiger partial charge is 0.465 e. The second-order valence-electron chi connectivity index (χ2n) is 2.58. The molecule has 0 aromatic rings. The van der Waals surface area contributed by atoms with Crippen LogP contribution < -0.4 is 0 Å². The zero-order chi connectivity index (χ0) is 8.69. The van der Waals surface area contributed by atoms with E-state index in [2.05, 4.69) is 12.6 Å². The van der Waals surface area contributed by atoms with Gasteiger partial charge in [0, 0.05) is 0 Å². The fraction of sp³-hybridized carbons (Fsp3) is 0.875. The average molecular weight is 176 g/mol. The number of ether oxygens (including phenoxy) is 1. The normalized spacial score (nSPS) is 12.6. The summed E-state index contributed by atoms with van der Waals surface area (Å²) in [7, 11) is 0. The topological polar surface area (TPSA) is 26.3 Å². The number of hydrogen-bond acceptors (Lipinski definition) is 3. The molecule has 0 spiro atoms. The molecule has 0 aromatic heterocycles. The molecule has 0 saturated heterocycles. The van der Waals surface area contributed by atoms with Crippen LogP contribution in [-0.4, -0.2) is 18.3 Å². The maximum atomic E-state index is 11.0. The summed E-state index contributed by atoms with van der Waals surface area (Å²) in [6.45, 7) is 4.39. The Bertz CT molecular complexity index is 115. The molecule has 0 saturated carbocycles. The lowest BCUT2D eigenvalue weighted by Gasteiger charge is -2.08. The van der Waals surface area contributed by atoms with Crippen LogP contribution in [-0.2, 0) is 9.53 Å². The Balaban J connectivity index is 3.47. The van der Waals surface area contributed by atoms with Gasteiger partial charge in [0.25, 0.3) is 0 Å². The van der Waals surface area contributed by atoms with Crippen molar-refractivity contribution in [2.24, 2.45) is 5.92 Å². The summed E-state index contributed by atoms with van der Waals surface area (Å²) in [6.07, 6.45) is 1.69. The molecule has 1 unspecified atom stereocenters. The van der Waals surface area contributed by atoms with Gasteiger partial charge in [-0.1, -0.05) is 13.8 Å². The van der Waals surface area contributed by atoms with Crippen LogP contribution in [0.4, 0.5) is 0 Å². The minimum absolute atomic E-state index is 0.000880. The summed E-state index contributed by atoms with van der Waals surface area (Å²) in [5.41, 5.74) is 0. The summed E-state index contributed by atoms with van der Waals surface area (Å²) in [4.78, 5) is 11.0. The lowest BCUT2D eigenvalue weighted by Crippen LogP contribution is -2.15. The predicted molar refractivity (Wildman–Crippen MR) is 48.9 cm³/mol. The summed E-state index contributed by atoms with van der Waals surface area (Å²) in [5, 5.41) is 0. The average Bonchev–Trinajstić information content (AvgIpc) is 2.00. The molecule has 0 aliphatic heterocycles. The highest BCUT2D eigenvalue weighted by Gasteiger charge is 2.12. The number of esters is 1. The fourth-order valence-corrected chi connectivity index (χ4v) is 1.04. The van der Waals surface area contributed by atoms with E-state index >= 15 is 0 Å². The zero-order valence-corrected chi connectivity index (χ0v) is 8.06. The molecule has 2 nitrogen and oxygen atoms in total. The van der Waals surface area contributed by atoms with Crippen molar-refractivity contribution in [3.05, 3.63) is 0 Å². The molecule has 0 rings (SSSR count). The van der Waals surface area contributed by atoms with Crippen molar-refractivity contribution < 1.29 is 9.53 Å². The molecule has 0 fully saturated rings. The highest BCUT2D eigenvalue weighted by molar-refractivity contribution is 7.80. The molecule has 0 amide bonds. The van der Waals surface area contributed by atoms with Gasteiger partial charge < -0.3 is 4.74 Å². The lowest BCUT2D eigenvalue weighted by atomic mass is 10.1. The van der Waals surface area contributed by atoms with Crippen LogP contribution in [0.1, 0.15) is 26.7 Å². The fourth-order valence-electron chi connectivity index (χ4n) is 0.656. The van der Waals surface area contributed by atoms with Crippen molar-refractivity contribution in [1.82, 2.24) is 0 Å². The Morgan fingerprint density at radius 2 is 2.27 bits per heavy atom. The van der Waals surface area contributed by atoms with Crippen LogP contribution in [0.25, 0.3) is 0 Å². The van der Waals surface area contributed by atoms with Crippen LogP contribution in [0.3, 0.4) is 0 Å². The first kappa shape index (κ1) is 10.8. The summed E-state index contributed by atoms with van der Waals surface area (Å²) < 4.78 is 4.93. The summed E-state index contributed by atoms with van der Waals surface area (Å²) >= 11 is 4.04. The predicted octanol–water partition coefficient (Wildman–Crippen LogP) is 1.90. The number of rotatable bonds is 5. The first-order valence-corrected chi connectivity index (χ1v) is 4.63. The van der Waals surface area contributed by atoms with Crippen LogP contribution in [0.2, 0.25) is 0 Å². The van der Waals surface area contributed by atoms with E-state index in [1.54, 1.807) is 0 Å². The standard InChI is InChI=1S/C8H16O2S/c1-3-5-10-8(9)7(2)4-6-11/h7,11H,3-6H2,1-2H3. The molecule has 0 N–H and O–H groups in total. The van der Waals surface area contributed by atoms with Crippen molar-refractivity contribution in [2.45, 2.75) is 26.7 Å². The van der Waals surface area contributed by atoms with Crippen LogP contribution in [0.15, 0.2) is 0 Å². The number of carbonyl (C=O) groups excluding carboxylic acids is 1. The van der Waals surface area contributed by atoms with Crippen molar-refractivity contribution >= 4 is 18.6 Å². The third-order valence-corrected chi connectivity index (χ3v) is 1.67. The van der Waals surface area contributed by atoms with E-state index in [4.69, 9.17) is 4.74 Å². The van der Waals surface area contributed by atoms with E-state index in [-0.39, 0.29) is 11.9 Å². The van der Waals surface area contributed by atoms with Gasteiger partial charge in [0.1, 0.15) is 0 Å². The van der Waals surface area contributed by atoms with Gasteiger partial charge in [-0.15, -0.1) is 0 Å². The molecule has 3 heteroatoms. The van der Waals surface area contributed by atoms with E-state index in [0.717, 1.165) is 18.6 Å². The van der Waals surface area contributed by atoms with Crippen molar-refractivity contribution in [3.8, 4) is 0 Å². The third kappa shape index (κ3) is 5.13. The smallest absolute Gasteiger partial charge is 0.308 e. The van der Waals surface area contributed by atoms with Gasteiger partial charge in [-0.2, -0.15) is 12.6 Å². The van der Waals surface area contributed by atoms with E-state index < -0.39 is 0 Å². The van der Waals surface area contributed by atoms with Crippen molar-refractivity contribution in [3.63, 3.8) is 0 Å². The Morgan fingerprint density at radius 3 is 2.73 bits per heavy atom. The lowest BCUT2D eigenvalue weighted by molar-refractivity contribution is -0.147. The highest BCUT2D eigenvalue weighted by atomic mass is 32.1. The molecule has 1 atom stereocenters. The summed E-state index contributed by atoms with van der Waals surface area (Å²) in [6, 6.07) is 0. The Morgan fingerprint density at radius 1 is 1.64 bits per heavy atom. The second kappa shape index (κ2) is 6.53. The molecular formula is C8H16O2S. The zero-order valence-electron chi connectivity index (χ0n) is 7.17. The van der Waals surface area contributed by atoms with Gasteiger partial charge in [-0.05, 0) is 18.6 Å². The maximum absolute atomic E-state index is 11.0. The van der Waals surface area contributed by atoms with Gasteiger partial charge in [0.05, 0.1) is 12.5 Å². The van der Waals surface area contributed by atoms with Crippen molar-refractivity contribution in [2.75, 3.05) is 12.4 Å². The van der Waals surface area contributed by atoms with Crippen LogP contribution >= 0.6 is 12.6 Å². The molecule has 0 aromatic carbocycles. The molecule has 0 aliphatic rings. The van der Waals surface area contributed by atoms with E-state index in [1.165, 1.54) is 0 Å². The van der Waals surface area contributed by atoms with E-state index in [1.807, 2.05) is 13.8 Å². The third-order valence-electron chi connectivity index (χ3n) is 1.41. The van der Waals surface area contributed by atoms with Crippen LogP contribution in [0.5, 0.6) is 0 Å².